The Bertz CT molecular complexity index is 207. The van der Waals surface area contributed by atoms with Crippen LogP contribution in [0.1, 0.15) is 0 Å². The summed E-state index contributed by atoms with van der Waals surface area (Å²) in [6.07, 6.45) is 0. The molecular formula is C5H7ClN4. The summed E-state index contributed by atoms with van der Waals surface area (Å²) >= 11 is 5.48. The lowest BCUT2D eigenvalue weighted by molar-refractivity contribution is 0.918. The summed E-state index contributed by atoms with van der Waals surface area (Å²) < 4.78 is 0. The second kappa shape index (κ2) is 2.81. The largest absolute Gasteiger partial charge is 0.296 e. The van der Waals surface area contributed by atoms with Crippen molar-refractivity contribution in [1.29, 1.82) is 0 Å². The van der Waals surface area contributed by atoms with E-state index < -0.39 is 0 Å². The first-order valence-corrected chi connectivity index (χ1v) is 3.05. The van der Waals surface area contributed by atoms with Crippen LogP contribution in [0.4, 0.5) is 5.82 Å². The standard InChI is InChI=1S/C5H7ClN4/c1-10(7)5-3-2-4(6)8-9-5/h2-3H,7H2,1H3. The van der Waals surface area contributed by atoms with Crippen molar-refractivity contribution in [2.75, 3.05) is 12.1 Å². The molecule has 0 radical (unpaired) electrons. The molecule has 0 aliphatic heterocycles. The zero-order valence-corrected chi connectivity index (χ0v) is 6.21. The minimum atomic E-state index is 0.366. The minimum absolute atomic E-state index is 0.366. The van der Waals surface area contributed by atoms with Gasteiger partial charge in [0.1, 0.15) is 0 Å². The summed E-state index contributed by atoms with van der Waals surface area (Å²) in [7, 11) is 1.68. The van der Waals surface area contributed by atoms with E-state index in [1.54, 1.807) is 19.2 Å². The molecule has 0 fully saturated rings. The van der Waals surface area contributed by atoms with Crippen molar-refractivity contribution in [2.45, 2.75) is 0 Å². The number of rotatable bonds is 1. The van der Waals surface area contributed by atoms with Gasteiger partial charge in [0.25, 0.3) is 0 Å². The summed E-state index contributed by atoms with van der Waals surface area (Å²) in [4.78, 5) is 0. The van der Waals surface area contributed by atoms with Gasteiger partial charge in [-0.05, 0) is 12.1 Å². The number of anilines is 1. The normalized spacial score (nSPS) is 9.50. The van der Waals surface area contributed by atoms with Gasteiger partial charge in [0.15, 0.2) is 11.0 Å². The Morgan fingerprint density at radius 3 is 2.60 bits per heavy atom. The fraction of sp³-hybridized carbons (Fsp3) is 0.200. The highest BCUT2D eigenvalue weighted by molar-refractivity contribution is 6.29. The lowest BCUT2D eigenvalue weighted by Crippen LogP contribution is -2.26. The zero-order valence-electron chi connectivity index (χ0n) is 5.45. The van der Waals surface area contributed by atoms with Crippen LogP contribution in [0.5, 0.6) is 0 Å². The SMILES string of the molecule is CN(N)c1ccc(Cl)nn1. The molecule has 0 aromatic carbocycles. The Balaban J connectivity index is 2.89. The molecule has 0 saturated carbocycles. The molecule has 0 unspecified atom stereocenters. The summed E-state index contributed by atoms with van der Waals surface area (Å²) in [5.41, 5.74) is 0. The van der Waals surface area contributed by atoms with E-state index in [0.717, 1.165) is 0 Å². The van der Waals surface area contributed by atoms with Crippen LogP contribution in [0, 0.1) is 0 Å². The molecule has 0 aliphatic carbocycles. The highest BCUT2D eigenvalue weighted by atomic mass is 35.5. The van der Waals surface area contributed by atoms with Crippen molar-refractivity contribution in [2.24, 2.45) is 5.84 Å². The van der Waals surface area contributed by atoms with Crippen LogP contribution < -0.4 is 10.9 Å². The molecule has 4 nitrogen and oxygen atoms in total. The molecule has 1 aromatic rings. The van der Waals surface area contributed by atoms with Gasteiger partial charge in [-0.25, -0.2) is 5.84 Å². The quantitative estimate of drug-likeness (QED) is 0.476. The van der Waals surface area contributed by atoms with Gasteiger partial charge < -0.3 is 0 Å². The predicted octanol–water partition coefficient (Wildman–Crippen LogP) is 0.440. The van der Waals surface area contributed by atoms with Gasteiger partial charge in [-0.3, -0.25) is 5.01 Å². The molecular weight excluding hydrogens is 152 g/mol. The van der Waals surface area contributed by atoms with Gasteiger partial charge in [0.05, 0.1) is 0 Å². The van der Waals surface area contributed by atoms with Crippen LogP contribution >= 0.6 is 11.6 Å². The average Bonchev–Trinajstić information content (AvgIpc) is 1.88. The van der Waals surface area contributed by atoms with Gasteiger partial charge in [0, 0.05) is 7.05 Å². The number of halogens is 1. The van der Waals surface area contributed by atoms with Crippen LogP contribution in [0.25, 0.3) is 0 Å². The first-order valence-electron chi connectivity index (χ1n) is 2.68. The summed E-state index contributed by atoms with van der Waals surface area (Å²) in [6, 6.07) is 3.32. The molecule has 1 heterocycles. The molecule has 0 atom stereocenters. The second-order valence-electron chi connectivity index (χ2n) is 1.83. The second-order valence-corrected chi connectivity index (χ2v) is 2.21. The monoisotopic (exact) mass is 158 g/mol. The van der Waals surface area contributed by atoms with Crippen molar-refractivity contribution in [3.63, 3.8) is 0 Å². The van der Waals surface area contributed by atoms with Crippen LogP contribution in [0.3, 0.4) is 0 Å². The minimum Gasteiger partial charge on any atom is -0.296 e. The summed E-state index contributed by atoms with van der Waals surface area (Å²) in [5.74, 6) is 5.94. The first-order chi connectivity index (χ1) is 4.70. The number of nitrogens with two attached hydrogens (primary N) is 1. The Kier molecular flexibility index (Phi) is 2.03. The smallest absolute Gasteiger partial charge is 0.165 e. The van der Waals surface area contributed by atoms with Gasteiger partial charge in [0.2, 0.25) is 0 Å². The topological polar surface area (TPSA) is 55.0 Å². The first kappa shape index (κ1) is 7.24. The maximum absolute atomic E-state index is 5.48. The molecule has 10 heavy (non-hydrogen) atoms. The Morgan fingerprint density at radius 1 is 1.50 bits per heavy atom. The summed E-state index contributed by atoms with van der Waals surface area (Å²) in [5, 5.41) is 9.02. The lowest BCUT2D eigenvalue weighted by Gasteiger charge is -2.07. The van der Waals surface area contributed by atoms with E-state index in [4.69, 9.17) is 17.4 Å². The van der Waals surface area contributed by atoms with Crippen molar-refractivity contribution in [1.82, 2.24) is 10.2 Å². The van der Waals surface area contributed by atoms with E-state index >= 15 is 0 Å². The van der Waals surface area contributed by atoms with Crippen molar-refractivity contribution in [3.8, 4) is 0 Å². The molecule has 0 saturated heterocycles. The van der Waals surface area contributed by atoms with Gasteiger partial charge in [-0.15, -0.1) is 10.2 Å². The molecule has 0 aliphatic rings. The van der Waals surface area contributed by atoms with Crippen LogP contribution in [-0.4, -0.2) is 17.2 Å². The van der Waals surface area contributed by atoms with Crippen molar-refractivity contribution in [3.05, 3.63) is 17.3 Å². The highest BCUT2D eigenvalue weighted by Gasteiger charge is 1.95. The molecule has 0 bridgehead atoms. The third kappa shape index (κ3) is 1.55. The van der Waals surface area contributed by atoms with Crippen LogP contribution in [0.2, 0.25) is 5.15 Å². The van der Waals surface area contributed by atoms with Gasteiger partial charge >= 0.3 is 0 Å². The van der Waals surface area contributed by atoms with Crippen LogP contribution in [-0.2, 0) is 0 Å². The average molecular weight is 159 g/mol. The summed E-state index contributed by atoms with van der Waals surface area (Å²) in [6.45, 7) is 0. The van der Waals surface area contributed by atoms with E-state index in [1.807, 2.05) is 0 Å². The fourth-order valence-corrected chi connectivity index (χ4v) is 0.598. The van der Waals surface area contributed by atoms with Crippen LogP contribution in [0.15, 0.2) is 12.1 Å². The van der Waals surface area contributed by atoms with Gasteiger partial charge in [-0.2, -0.15) is 0 Å². The lowest BCUT2D eigenvalue weighted by atomic mass is 10.5. The molecule has 5 heteroatoms. The third-order valence-electron chi connectivity index (χ3n) is 0.979. The van der Waals surface area contributed by atoms with Crippen molar-refractivity contribution >= 4 is 17.4 Å². The Labute approximate surface area is 63.6 Å². The Morgan fingerprint density at radius 2 is 2.20 bits per heavy atom. The van der Waals surface area contributed by atoms with E-state index in [2.05, 4.69) is 10.2 Å². The molecule has 2 N–H and O–H groups in total. The molecule has 1 aromatic heterocycles. The predicted molar refractivity (Wildman–Crippen MR) is 39.6 cm³/mol. The number of hydrogen-bond donors (Lipinski definition) is 1. The Hall–Kier alpha value is -0.870. The highest BCUT2D eigenvalue weighted by Crippen LogP contribution is 2.06. The molecule has 0 spiro atoms. The van der Waals surface area contributed by atoms with E-state index in [1.165, 1.54) is 5.01 Å². The maximum atomic E-state index is 5.48. The third-order valence-corrected chi connectivity index (χ3v) is 1.18. The number of nitrogens with zero attached hydrogens (tertiary/aromatic N) is 3. The maximum Gasteiger partial charge on any atom is 0.165 e. The van der Waals surface area contributed by atoms with Crippen molar-refractivity contribution < 1.29 is 0 Å². The van der Waals surface area contributed by atoms with Gasteiger partial charge in [-0.1, -0.05) is 11.6 Å². The number of hydrazine groups is 1. The molecule has 1 rings (SSSR count). The fourth-order valence-electron chi connectivity index (χ4n) is 0.497. The zero-order chi connectivity index (χ0) is 7.56. The number of hydrogen-bond acceptors (Lipinski definition) is 4. The molecule has 54 valence electrons. The van der Waals surface area contributed by atoms with E-state index in [9.17, 15) is 0 Å². The van der Waals surface area contributed by atoms with E-state index in [-0.39, 0.29) is 0 Å². The molecule has 0 amide bonds. The van der Waals surface area contributed by atoms with E-state index in [0.29, 0.717) is 11.0 Å². The number of aromatic nitrogens is 2.